The van der Waals surface area contributed by atoms with Crippen molar-refractivity contribution in [1.82, 2.24) is 4.98 Å². The van der Waals surface area contributed by atoms with Crippen LogP contribution in [0.5, 0.6) is 5.75 Å². The molecule has 2 heterocycles. The van der Waals surface area contributed by atoms with Gasteiger partial charge in [-0.25, -0.2) is 4.39 Å². The van der Waals surface area contributed by atoms with Crippen LogP contribution in [0.25, 0.3) is 0 Å². The number of rotatable bonds is 5. The summed E-state index contributed by atoms with van der Waals surface area (Å²) in [7, 11) is 1.29. The first-order chi connectivity index (χ1) is 13.8. The van der Waals surface area contributed by atoms with E-state index in [9.17, 15) is 18.7 Å². The van der Waals surface area contributed by atoms with Crippen molar-refractivity contribution in [3.05, 3.63) is 53.9 Å². The van der Waals surface area contributed by atoms with E-state index in [1.807, 2.05) is 6.92 Å². The summed E-state index contributed by atoms with van der Waals surface area (Å²) in [6, 6.07) is 6.99. The van der Waals surface area contributed by atoms with Crippen LogP contribution in [0, 0.1) is 11.6 Å². The molecule has 1 saturated heterocycles. The molecule has 2 unspecified atom stereocenters. The highest BCUT2D eigenvalue weighted by Crippen LogP contribution is 2.21. The highest BCUT2D eigenvalue weighted by atomic mass is 19.2. The predicted molar refractivity (Wildman–Crippen MR) is 101 cm³/mol. The lowest BCUT2D eigenvalue weighted by molar-refractivity contribution is -0.126. The zero-order valence-corrected chi connectivity index (χ0v) is 16.1. The molecule has 3 atom stereocenters. The lowest BCUT2D eigenvalue weighted by Gasteiger charge is -2.12. The standard InChI is InChI=1S/C13H18N2O4.C7H6F2O/c1-8-2-5-12(19-8)13(18)15-9-3-4-10(14-6-9)11(17)7-16;1-10-6-4-2-3-5(8)7(6)9/h3-4,6,8,11-12,16-17H,2,5,7H2,1H3,(H,15,18);2-4H,1H3/t8?,11?,12-;/m1./s1. The van der Waals surface area contributed by atoms with Crippen LogP contribution in [-0.2, 0) is 9.53 Å². The number of carbonyl (C=O) groups is 1. The quantitative estimate of drug-likeness (QED) is 0.701. The van der Waals surface area contributed by atoms with Gasteiger partial charge in [0.2, 0.25) is 5.82 Å². The van der Waals surface area contributed by atoms with Crippen LogP contribution in [0.1, 0.15) is 31.6 Å². The number of aromatic nitrogens is 1. The number of ether oxygens (including phenoxy) is 2. The minimum absolute atomic E-state index is 0.0694. The van der Waals surface area contributed by atoms with Gasteiger partial charge in [0.25, 0.3) is 5.91 Å². The Labute approximate surface area is 167 Å². The third-order valence-corrected chi connectivity index (χ3v) is 4.23. The van der Waals surface area contributed by atoms with E-state index in [1.165, 1.54) is 25.4 Å². The van der Waals surface area contributed by atoms with Crippen molar-refractivity contribution < 1.29 is 33.3 Å². The molecule has 2 aromatic rings. The van der Waals surface area contributed by atoms with Gasteiger partial charge >= 0.3 is 0 Å². The van der Waals surface area contributed by atoms with Crippen molar-refractivity contribution in [2.24, 2.45) is 0 Å². The van der Waals surface area contributed by atoms with Crippen LogP contribution in [0.4, 0.5) is 14.5 Å². The van der Waals surface area contributed by atoms with Crippen LogP contribution < -0.4 is 10.1 Å². The zero-order chi connectivity index (χ0) is 21.4. The molecule has 1 amide bonds. The summed E-state index contributed by atoms with van der Waals surface area (Å²) in [6.45, 7) is 1.56. The molecule has 0 radical (unpaired) electrons. The van der Waals surface area contributed by atoms with E-state index in [0.29, 0.717) is 11.4 Å². The molecule has 0 spiro atoms. The first-order valence-corrected chi connectivity index (χ1v) is 9.04. The van der Waals surface area contributed by atoms with Crippen molar-refractivity contribution in [2.75, 3.05) is 19.0 Å². The predicted octanol–water partition coefficient (Wildman–Crippen LogP) is 2.59. The third kappa shape index (κ3) is 6.45. The highest BCUT2D eigenvalue weighted by Gasteiger charge is 2.28. The van der Waals surface area contributed by atoms with Gasteiger partial charge in [-0.05, 0) is 44.0 Å². The Balaban J connectivity index is 0.000000253. The molecule has 158 valence electrons. The Morgan fingerprint density at radius 1 is 1.34 bits per heavy atom. The van der Waals surface area contributed by atoms with E-state index in [1.54, 1.807) is 12.1 Å². The fourth-order valence-corrected chi connectivity index (χ4v) is 2.63. The summed E-state index contributed by atoms with van der Waals surface area (Å²) in [6.07, 6.45) is 1.78. The lowest BCUT2D eigenvalue weighted by atomic mass is 10.2. The number of amides is 1. The minimum Gasteiger partial charge on any atom is -0.494 e. The maximum Gasteiger partial charge on any atom is 0.253 e. The molecule has 7 nitrogen and oxygen atoms in total. The molecule has 3 rings (SSSR count). The average Bonchev–Trinajstić information content (AvgIpc) is 3.17. The SMILES string of the molecule is CC1CC[C@H](C(=O)Nc2ccc(C(O)CO)nc2)O1.COc1cccc(F)c1F. The molecular formula is C20H24F2N2O5. The Bertz CT molecular complexity index is 804. The second kappa shape index (κ2) is 10.8. The van der Waals surface area contributed by atoms with Crippen molar-refractivity contribution in [1.29, 1.82) is 0 Å². The summed E-state index contributed by atoms with van der Waals surface area (Å²) in [5.41, 5.74) is 0.910. The Morgan fingerprint density at radius 3 is 2.62 bits per heavy atom. The van der Waals surface area contributed by atoms with E-state index < -0.39 is 23.8 Å². The molecule has 1 fully saturated rings. The number of aliphatic hydroxyl groups excluding tert-OH is 2. The van der Waals surface area contributed by atoms with Crippen LogP contribution in [0.3, 0.4) is 0 Å². The first-order valence-electron chi connectivity index (χ1n) is 9.04. The maximum atomic E-state index is 12.5. The number of halogens is 2. The van der Waals surface area contributed by atoms with Gasteiger partial charge in [-0.2, -0.15) is 4.39 Å². The van der Waals surface area contributed by atoms with Gasteiger partial charge in [-0.1, -0.05) is 6.07 Å². The number of pyridine rings is 1. The molecule has 1 aromatic heterocycles. The number of benzene rings is 1. The summed E-state index contributed by atoms with van der Waals surface area (Å²) in [4.78, 5) is 15.9. The van der Waals surface area contributed by atoms with Gasteiger partial charge in [-0.3, -0.25) is 9.78 Å². The molecule has 29 heavy (non-hydrogen) atoms. The molecule has 3 N–H and O–H groups in total. The number of hydrogen-bond acceptors (Lipinski definition) is 6. The van der Waals surface area contributed by atoms with E-state index in [2.05, 4.69) is 15.0 Å². The Kier molecular flexibility index (Phi) is 8.44. The fourth-order valence-electron chi connectivity index (χ4n) is 2.63. The minimum atomic E-state index is -0.997. The van der Waals surface area contributed by atoms with Gasteiger partial charge in [0, 0.05) is 0 Å². The highest BCUT2D eigenvalue weighted by molar-refractivity contribution is 5.94. The van der Waals surface area contributed by atoms with Crippen LogP contribution >= 0.6 is 0 Å². The number of nitrogens with one attached hydrogen (secondary N) is 1. The smallest absolute Gasteiger partial charge is 0.253 e. The van der Waals surface area contributed by atoms with Crippen molar-refractivity contribution >= 4 is 11.6 Å². The van der Waals surface area contributed by atoms with Gasteiger partial charge in [0.15, 0.2) is 11.6 Å². The number of methoxy groups -OCH3 is 1. The van der Waals surface area contributed by atoms with Gasteiger partial charge in [0.05, 0.1) is 37.4 Å². The normalized spacial score (nSPS) is 19.1. The van der Waals surface area contributed by atoms with Crippen molar-refractivity contribution in [3.8, 4) is 5.75 Å². The number of nitrogens with zero attached hydrogens (tertiary/aromatic N) is 1. The molecule has 1 aromatic carbocycles. The average molecular weight is 410 g/mol. The van der Waals surface area contributed by atoms with E-state index in [0.717, 1.165) is 18.9 Å². The van der Waals surface area contributed by atoms with Crippen molar-refractivity contribution in [3.63, 3.8) is 0 Å². The molecule has 0 saturated carbocycles. The first kappa shape index (κ1) is 22.7. The molecule has 1 aliphatic rings. The number of aliphatic hydroxyl groups is 2. The second-order valence-electron chi connectivity index (χ2n) is 6.43. The van der Waals surface area contributed by atoms with E-state index in [-0.39, 0.29) is 24.4 Å². The molecule has 1 aliphatic heterocycles. The van der Waals surface area contributed by atoms with Gasteiger partial charge in [0.1, 0.15) is 12.2 Å². The number of anilines is 1. The van der Waals surface area contributed by atoms with Crippen LogP contribution in [0.15, 0.2) is 36.5 Å². The van der Waals surface area contributed by atoms with E-state index in [4.69, 9.17) is 9.84 Å². The zero-order valence-electron chi connectivity index (χ0n) is 16.1. The summed E-state index contributed by atoms with van der Waals surface area (Å²) < 4.78 is 34.8. The van der Waals surface area contributed by atoms with Crippen LogP contribution in [-0.4, -0.2) is 47.0 Å². The summed E-state index contributed by atoms with van der Waals surface area (Å²) in [5.74, 6) is -2.08. The summed E-state index contributed by atoms with van der Waals surface area (Å²) in [5, 5.41) is 20.9. The fraction of sp³-hybridized carbons (Fsp3) is 0.400. The largest absolute Gasteiger partial charge is 0.494 e. The number of hydrogen-bond donors (Lipinski definition) is 3. The number of carbonyl (C=O) groups excluding carboxylic acids is 1. The Morgan fingerprint density at radius 2 is 2.10 bits per heavy atom. The Hall–Kier alpha value is -2.62. The third-order valence-electron chi connectivity index (χ3n) is 4.23. The summed E-state index contributed by atoms with van der Waals surface area (Å²) >= 11 is 0. The van der Waals surface area contributed by atoms with Crippen molar-refractivity contribution in [2.45, 2.75) is 38.1 Å². The maximum absolute atomic E-state index is 12.5. The molecule has 9 heteroatoms. The van der Waals surface area contributed by atoms with E-state index >= 15 is 0 Å². The molecule has 0 aliphatic carbocycles. The van der Waals surface area contributed by atoms with Gasteiger partial charge in [-0.15, -0.1) is 0 Å². The lowest BCUT2D eigenvalue weighted by Crippen LogP contribution is -2.27. The second-order valence-corrected chi connectivity index (χ2v) is 6.43. The topological polar surface area (TPSA) is 101 Å². The molecular weight excluding hydrogens is 386 g/mol. The van der Waals surface area contributed by atoms with Gasteiger partial charge < -0.3 is 25.0 Å². The molecule has 0 bridgehead atoms. The monoisotopic (exact) mass is 410 g/mol. The van der Waals surface area contributed by atoms with Crippen LogP contribution in [0.2, 0.25) is 0 Å².